The summed E-state index contributed by atoms with van der Waals surface area (Å²) >= 11 is 5.68. The maximum atomic E-state index is 11.7. The quantitative estimate of drug-likeness (QED) is 0.741. The Balaban J connectivity index is 1.71. The SMILES string of the molecule is O=C(NCc1ccc(Cl)nc1)NC1CCC(O)CC1. The van der Waals surface area contributed by atoms with Gasteiger partial charge in [0.25, 0.3) is 0 Å². The number of halogens is 1. The van der Waals surface area contributed by atoms with E-state index in [0.29, 0.717) is 11.7 Å². The van der Waals surface area contributed by atoms with Crippen molar-refractivity contribution in [2.75, 3.05) is 0 Å². The molecular formula is C13H18ClN3O2. The highest BCUT2D eigenvalue weighted by molar-refractivity contribution is 6.29. The second kappa shape index (κ2) is 6.73. The van der Waals surface area contributed by atoms with E-state index in [4.69, 9.17) is 11.6 Å². The van der Waals surface area contributed by atoms with Gasteiger partial charge in [-0.3, -0.25) is 0 Å². The molecule has 2 amide bonds. The van der Waals surface area contributed by atoms with Crippen LogP contribution in [0.2, 0.25) is 5.15 Å². The lowest BCUT2D eigenvalue weighted by molar-refractivity contribution is 0.117. The van der Waals surface area contributed by atoms with Crippen molar-refractivity contribution in [3.63, 3.8) is 0 Å². The summed E-state index contributed by atoms with van der Waals surface area (Å²) in [6.07, 6.45) is 4.60. The zero-order chi connectivity index (χ0) is 13.7. The van der Waals surface area contributed by atoms with Crippen molar-refractivity contribution in [2.24, 2.45) is 0 Å². The third kappa shape index (κ3) is 4.69. The van der Waals surface area contributed by atoms with Gasteiger partial charge in [-0.1, -0.05) is 17.7 Å². The number of aliphatic hydroxyl groups excluding tert-OH is 1. The lowest BCUT2D eigenvalue weighted by Gasteiger charge is -2.26. The normalized spacial score (nSPS) is 22.8. The van der Waals surface area contributed by atoms with Gasteiger partial charge in [-0.25, -0.2) is 9.78 Å². The molecule has 1 fully saturated rings. The Bertz CT molecular complexity index is 416. The van der Waals surface area contributed by atoms with Gasteiger partial charge in [-0.15, -0.1) is 0 Å². The van der Waals surface area contributed by atoms with E-state index >= 15 is 0 Å². The first-order valence-electron chi connectivity index (χ1n) is 6.46. The van der Waals surface area contributed by atoms with Gasteiger partial charge in [0.05, 0.1) is 6.10 Å². The summed E-state index contributed by atoms with van der Waals surface area (Å²) in [6, 6.07) is 3.49. The van der Waals surface area contributed by atoms with Crippen molar-refractivity contribution in [3.05, 3.63) is 29.0 Å². The number of nitrogens with one attached hydrogen (secondary N) is 2. The van der Waals surface area contributed by atoms with Crippen LogP contribution in [0.4, 0.5) is 4.79 Å². The maximum Gasteiger partial charge on any atom is 0.315 e. The number of nitrogens with zero attached hydrogens (tertiary/aromatic N) is 1. The zero-order valence-electron chi connectivity index (χ0n) is 10.6. The van der Waals surface area contributed by atoms with Crippen LogP contribution in [0.1, 0.15) is 31.2 Å². The van der Waals surface area contributed by atoms with Gasteiger partial charge in [-0.05, 0) is 37.3 Å². The molecule has 19 heavy (non-hydrogen) atoms. The van der Waals surface area contributed by atoms with Gasteiger partial charge in [0, 0.05) is 18.8 Å². The van der Waals surface area contributed by atoms with Gasteiger partial charge >= 0.3 is 6.03 Å². The molecule has 0 saturated heterocycles. The van der Waals surface area contributed by atoms with Crippen LogP contribution in [-0.2, 0) is 6.54 Å². The van der Waals surface area contributed by atoms with Crippen LogP contribution in [0.15, 0.2) is 18.3 Å². The number of pyridine rings is 1. The van der Waals surface area contributed by atoms with E-state index in [1.807, 2.05) is 6.07 Å². The van der Waals surface area contributed by atoms with E-state index in [9.17, 15) is 9.90 Å². The summed E-state index contributed by atoms with van der Waals surface area (Å²) in [7, 11) is 0. The molecule has 1 aliphatic carbocycles. The van der Waals surface area contributed by atoms with Gasteiger partial charge in [0.15, 0.2) is 0 Å². The summed E-state index contributed by atoms with van der Waals surface area (Å²) in [5.41, 5.74) is 0.901. The molecule has 1 aromatic rings. The first-order chi connectivity index (χ1) is 9.13. The Labute approximate surface area is 117 Å². The fourth-order valence-electron chi connectivity index (χ4n) is 2.15. The Kier molecular flexibility index (Phi) is 4.99. The molecular weight excluding hydrogens is 266 g/mol. The predicted molar refractivity (Wildman–Crippen MR) is 72.9 cm³/mol. The fraction of sp³-hybridized carbons (Fsp3) is 0.538. The highest BCUT2D eigenvalue weighted by Crippen LogP contribution is 2.18. The molecule has 1 aromatic heterocycles. The summed E-state index contributed by atoms with van der Waals surface area (Å²) < 4.78 is 0. The first-order valence-corrected chi connectivity index (χ1v) is 6.84. The summed E-state index contributed by atoms with van der Waals surface area (Å²) in [4.78, 5) is 15.6. The van der Waals surface area contributed by atoms with E-state index in [1.54, 1.807) is 12.3 Å². The van der Waals surface area contributed by atoms with Crippen molar-refractivity contribution >= 4 is 17.6 Å². The van der Waals surface area contributed by atoms with Crippen molar-refractivity contribution in [3.8, 4) is 0 Å². The molecule has 6 heteroatoms. The first kappa shape index (κ1) is 14.1. The number of aromatic nitrogens is 1. The molecule has 1 saturated carbocycles. The van der Waals surface area contributed by atoms with Crippen LogP contribution in [-0.4, -0.2) is 28.3 Å². The number of hydrogen-bond acceptors (Lipinski definition) is 3. The number of aliphatic hydroxyl groups is 1. The van der Waals surface area contributed by atoms with E-state index in [-0.39, 0.29) is 18.2 Å². The summed E-state index contributed by atoms with van der Waals surface area (Å²) in [6.45, 7) is 0.422. The molecule has 0 radical (unpaired) electrons. The molecule has 0 atom stereocenters. The molecule has 0 aliphatic heterocycles. The largest absolute Gasteiger partial charge is 0.393 e. The number of rotatable bonds is 3. The van der Waals surface area contributed by atoms with Crippen molar-refractivity contribution in [1.82, 2.24) is 15.6 Å². The third-order valence-corrected chi connectivity index (χ3v) is 3.50. The molecule has 0 bridgehead atoms. The van der Waals surface area contributed by atoms with E-state index < -0.39 is 0 Å². The molecule has 0 spiro atoms. The molecule has 0 aromatic carbocycles. The predicted octanol–water partition coefficient (Wildman–Crippen LogP) is 1.84. The van der Waals surface area contributed by atoms with Gasteiger partial charge in [0.2, 0.25) is 0 Å². The molecule has 2 rings (SSSR count). The smallest absolute Gasteiger partial charge is 0.315 e. The van der Waals surface area contributed by atoms with E-state index in [2.05, 4.69) is 15.6 Å². The minimum absolute atomic E-state index is 0.159. The summed E-state index contributed by atoms with van der Waals surface area (Å²) in [5.74, 6) is 0. The number of amides is 2. The molecule has 0 unspecified atom stereocenters. The molecule has 5 nitrogen and oxygen atoms in total. The van der Waals surface area contributed by atoms with Gasteiger partial charge in [-0.2, -0.15) is 0 Å². The average Bonchev–Trinajstić information content (AvgIpc) is 2.41. The molecule has 1 heterocycles. The van der Waals surface area contributed by atoms with E-state index in [1.165, 1.54) is 0 Å². The Hall–Kier alpha value is -1.33. The zero-order valence-corrected chi connectivity index (χ0v) is 11.4. The topological polar surface area (TPSA) is 74.2 Å². The lowest BCUT2D eigenvalue weighted by Crippen LogP contribution is -2.43. The van der Waals surface area contributed by atoms with Crippen LogP contribution in [0.3, 0.4) is 0 Å². The van der Waals surface area contributed by atoms with Crippen LogP contribution in [0.5, 0.6) is 0 Å². The van der Waals surface area contributed by atoms with Gasteiger partial charge < -0.3 is 15.7 Å². The average molecular weight is 284 g/mol. The molecule has 104 valence electrons. The van der Waals surface area contributed by atoms with Crippen molar-refractivity contribution in [1.29, 1.82) is 0 Å². The molecule has 3 N–H and O–H groups in total. The Morgan fingerprint density at radius 3 is 2.74 bits per heavy atom. The standard InChI is InChI=1S/C13H18ClN3O2/c14-12-6-1-9(7-15-12)8-16-13(19)17-10-2-4-11(18)5-3-10/h1,6-7,10-11,18H,2-5,8H2,(H2,16,17,19). The van der Waals surface area contributed by atoms with E-state index in [0.717, 1.165) is 31.2 Å². The minimum atomic E-state index is -0.207. The molecule has 1 aliphatic rings. The number of carbonyl (C=O) groups is 1. The van der Waals surface area contributed by atoms with Crippen molar-refractivity contribution in [2.45, 2.75) is 44.4 Å². The van der Waals surface area contributed by atoms with Crippen LogP contribution < -0.4 is 10.6 Å². The lowest BCUT2D eigenvalue weighted by atomic mass is 9.93. The number of urea groups is 1. The monoisotopic (exact) mass is 283 g/mol. The minimum Gasteiger partial charge on any atom is -0.393 e. The second-order valence-corrected chi connectivity index (χ2v) is 5.21. The number of carbonyl (C=O) groups excluding carboxylic acids is 1. The fourth-order valence-corrected chi connectivity index (χ4v) is 2.26. The van der Waals surface area contributed by atoms with Crippen LogP contribution >= 0.6 is 11.6 Å². The highest BCUT2D eigenvalue weighted by Gasteiger charge is 2.20. The van der Waals surface area contributed by atoms with Crippen LogP contribution in [0.25, 0.3) is 0 Å². The Morgan fingerprint density at radius 1 is 1.37 bits per heavy atom. The summed E-state index contributed by atoms with van der Waals surface area (Å²) in [5, 5.41) is 15.5. The van der Waals surface area contributed by atoms with Crippen molar-refractivity contribution < 1.29 is 9.90 Å². The number of hydrogen-bond donors (Lipinski definition) is 3. The second-order valence-electron chi connectivity index (χ2n) is 4.82. The Morgan fingerprint density at radius 2 is 2.11 bits per heavy atom. The maximum absolute atomic E-state index is 11.7. The van der Waals surface area contributed by atoms with Crippen LogP contribution in [0, 0.1) is 0 Å². The highest BCUT2D eigenvalue weighted by atomic mass is 35.5. The van der Waals surface area contributed by atoms with Gasteiger partial charge in [0.1, 0.15) is 5.15 Å². The third-order valence-electron chi connectivity index (χ3n) is 3.27.